The minimum absolute atomic E-state index is 0.0108. The van der Waals surface area contributed by atoms with Crippen molar-refractivity contribution in [1.29, 1.82) is 0 Å². The molecule has 2 amide bonds. The number of rotatable bonds is 8. The Balaban J connectivity index is 2.42. The maximum Gasteiger partial charge on any atom is 0.278 e. The van der Waals surface area contributed by atoms with Crippen LogP contribution in [0.5, 0.6) is 0 Å². The van der Waals surface area contributed by atoms with Crippen LogP contribution in [-0.2, 0) is 4.79 Å². The summed E-state index contributed by atoms with van der Waals surface area (Å²) in [6.07, 6.45) is 7.06. The van der Waals surface area contributed by atoms with Crippen LogP contribution in [0.3, 0.4) is 0 Å². The maximum absolute atomic E-state index is 13.0. The van der Waals surface area contributed by atoms with Crippen molar-refractivity contribution in [3.05, 3.63) is 42.5 Å². The highest BCUT2D eigenvalue weighted by atomic mass is 16.2. The van der Waals surface area contributed by atoms with E-state index in [0.29, 0.717) is 18.1 Å². The van der Waals surface area contributed by atoms with Gasteiger partial charge in [0, 0.05) is 33.9 Å². The fraction of sp³-hybridized carbons (Fsp3) is 0.278. The largest absolute Gasteiger partial charge is 0.403 e. The van der Waals surface area contributed by atoms with E-state index in [9.17, 15) is 9.59 Å². The SMILES string of the molecule is CCN(C)c1cnc(Nc2cncnc2)c(C(=O)NC(=CN)C(=NC)C(=O)NC)n1. The minimum Gasteiger partial charge on any atom is -0.403 e. The number of aliphatic imine (C=N–C) groups is 1. The third-order valence-electron chi connectivity index (χ3n) is 4.00. The molecule has 0 saturated carbocycles. The summed E-state index contributed by atoms with van der Waals surface area (Å²) in [6, 6.07) is 0. The molecule has 2 aromatic heterocycles. The second-order valence-corrected chi connectivity index (χ2v) is 5.88. The Hall–Kier alpha value is -4.09. The molecule has 0 bridgehead atoms. The molecule has 158 valence electrons. The number of nitrogens with two attached hydrogens (primary N) is 1. The standard InChI is InChI=1S/C18H24N10O2/c1-5-28(4)13-9-24-16(25-11-7-22-10-23-8-11)15(27-13)18(30)26-12(6-19)14(20-2)17(29)21-3/h6-10H,5,19H2,1-4H3,(H,21,29)(H,24,25)(H,26,30). The molecule has 2 aromatic rings. The van der Waals surface area contributed by atoms with Crippen LogP contribution in [-0.4, -0.2) is 65.1 Å². The van der Waals surface area contributed by atoms with Crippen molar-refractivity contribution in [2.75, 3.05) is 37.9 Å². The van der Waals surface area contributed by atoms with Crippen molar-refractivity contribution in [3.8, 4) is 0 Å². The second-order valence-electron chi connectivity index (χ2n) is 5.88. The van der Waals surface area contributed by atoms with Crippen molar-refractivity contribution in [2.24, 2.45) is 10.7 Å². The first-order valence-electron chi connectivity index (χ1n) is 8.97. The molecule has 30 heavy (non-hydrogen) atoms. The molecule has 0 unspecified atom stereocenters. The molecule has 5 N–H and O–H groups in total. The van der Waals surface area contributed by atoms with E-state index in [1.165, 1.54) is 39.0 Å². The van der Waals surface area contributed by atoms with Crippen molar-refractivity contribution in [1.82, 2.24) is 30.6 Å². The molecule has 0 saturated heterocycles. The number of hydrogen-bond acceptors (Lipinski definition) is 10. The number of hydrogen-bond donors (Lipinski definition) is 4. The molecule has 0 spiro atoms. The van der Waals surface area contributed by atoms with Gasteiger partial charge in [-0.05, 0) is 6.92 Å². The molecule has 0 aromatic carbocycles. The number of nitrogens with one attached hydrogen (secondary N) is 3. The molecule has 0 radical (unpaired) electrons. The summed E-state index contributed by atoms with van der Waals surface area (Å²) < 4.78 is 0. The lowest BCUT2D eigenvalue weighted by atomic mass is 10.2. The number of carbonyl (C=O) groups excluding carboxylic acids is 2. The van der Waals surface area contributed by atoms with Crippen LogP contribution in [0.4, 0.5) is 17.3 Å². The van der Waals surface area contributed by atoms with Gasteiger partial charge in [0.05, 0.1) is 30.0 Å². The molecule has 0 fully saturated rings. The first-order chi connectivity index (χ1) is 14.4. The Kier molecular flexibility index (Phi) is 7.74. The van der Waals surface area contributed by atoms with Crippen LogP contribution in [0.2, 0.25) is 0 Å². The molecular formula is C18H24N10O2. The van der Waals surface area contributed by atoms with E-state index >= 15 is 0 Å². The lowest BCUT2D eigenvalue weighted by Crippen LogP contribution is -2.37. The van der Waals surface area contributed by atoms with Gasteiger partial charge in [0.1, 0.15) is 17.9 Å². The fourth-order valence-electron chi connectivity index (χ4n) is 2.30. The Labute approximate surface area is 173 Å². The summed E-state index contributed by atoms with van der Waals surface area (Å²) in [6.45, 7) is 2.60. The third-order valence-corrected chi connectivity index (χ3v) is 4.00. The van der Waals surface area contributed by atoms with Crippen LogP contribution >= 0.6 is 0 Å². The summed E-state index contributed by atoms with van der Waals surface area (Å²) in [5, 5.41) is 7.98. The van der Waals surface area contributed by atoms with Crippen LogP contribution in [0.25, 0.3) is 0 Å². The summed E-state index contributed by atoms with van der Waals surface area (Å²) in [4.78, 5) is 47.3. The Morgan fingerprint density at radius 1 is 1.27 bits per heavy atom. The first kappa shape index (κ1) is 22.2. The Morgan fingerprint density at radius 3 is 2.53 bits per heavy atom. The van der Waals surface area contributed by atoms with E-state index < -0.39 is 11.8 Å². The van der Waals surface area contributed by atoms with Gasteiger partial charge in [-0.15, -0.1) is 0 Å². The van der Waals surface area contributed by atoms with Gasteiger partial charge in [0.2, 0.25) is 0 Å². The summed E-state index contributed by atoms with van der Waals surface area (Å²) in [7, 11) is 4.69. The van der Waals surface area contributed by atoms with Crippen molar-refractivity contribution < 1.29 is 9.59 Å². The predicted molar refractivity (Wildman–Crippen MR) is 113 cm³/mol. The lowest BCUT2D eigenvalue weighted by Gasteiger charge is -2.18. The van der Waals surface area contributed by atoms with Gasteiger partial charge < -0.3 is 26.6 Å². The highest BCUT2D eigenvalue weighted by molar-refractivity contribution is 6.45. The Morgan fingerprint density at radius 2 is 1.97 bits per heavy atom. The molecule has 2 rings (SSSR count). The molecule has 12 heteroatoms. The third kappa shape index (κ3) is 5.25. The smallest absolute Gasteiger partial charge is 0.278 e. The van der Waals surface area contributed by atoms with Gasteiger partial charge in [-0.1, -0.05) is 0 Å². The van der Waals surface area contributed by atoms with Crippen LogP contribution in [0.15, 0.2) is 41.8 Å². The molecule has 0 aliphatic heterocycles. The fourth-order valence-corrected chi connectivity index (χ4v) is 2.30. The normalized spacial score (nSPS) is 11.6. The van der Waals surface area contributed by atoms with Crippen LogP contribution in [0, 0.1) is 0 Å². The highest BCUT2D eigenvalue weighted by Crippen LogP contribution is 2.19. The molecule has 12 nitrogen and oxygen atoms in total. The van der Waals surface area contributed by atoms with E-state index in [-0.39, 0.29) is 22.9 Å². The monoisotopic (exact) mass is 412 g/mol. The zero-order valence-corrected chi connectivity index (χ0v) is 17.2. The maximum atomic E-state index is 13.0. The zero-order valence-electron chi connectivity index (χ0n) is 17.2. The van der Waals surface area contributed by atoms with Gasteiger partial charge in [-0.2, -0.15) is 0 Å². The Bertz CT molecular complexity index is 959. The molecule has 0 atom stereocenters. The molecule has 0 aliphatic carbocycles. The average molecular weight is 412 g/mol. The van der Waals surface area contributed by atoms with Crippen molar-refractivity contribution >= 4 is 34.8 Å². The molecule has 2 heterocycles. The van der Waals surface area contributed by atoms with Crippen LogP contribution in [0.1, 0.15) is 17.4 Å². The average Bonchev–Trinajstić information content (AvgIpc) is 2.78. The van der Waals surface area contributed by atoms with E-state index in [1.54, 1.807) is 0 Å². The van der Waals surface area contributed by atoms with Gasteiger partial charge in [-0.25, -0.2) is 19.9 Å². The van der Waals surface area contributed by atoms with Gasteiger partial charge >= 0.3 is 0 Å². The predicted octanol–water partition coefficient (Wildman–Crippen LogP) is -0.187. The number of carbonyl (C=O) groups is 2. The van der Waals surface area contributed by atoms with Crippen molar-refractivity contribution in [3.63, 3.8) is 0 Å². The molecular weight excluding hydrogens is 388 g/mol. The van der Waals surface area contributed by atoms with Crippen molar-refractivity contribution in [2.45, 2.75) is 6.92 Å². The van der Waals surface area contributed by atoms with E-state index in [2.05, 4.69) is 40.9 Å². The quantitative estimate of drug-likeness (QED) is 0.430. The van der Waals surface area contributed by atoms with Gasteiger partial charge in [0.25, 0.3) is 11.8 Å². The van der Waals surface area contributed by atoms with E-state index in [4.69, 9.17) is 5.73 Å². The summed E-state index contributed by atoms with van der Waals surface area (Å²) in [5.41, 5.74) is 6.13. The van der Waals surface area contributed by atoms with Gasteiger partial charge in [-0.3, -0.25) is 14.6 Å². The topological polar surface area (TPSA) is 163 Å². The number of amides is 2. The number of aromatic nitrogens is 4. The molecule has 0 aliphatic rings. The summed E-state index contributed by atoms with van der Waals surface area (Å²) >= 11 is 0. The summed E-state index contributed by atoms with van der Waals surface area (Å²) in [5.74, 6) is -0.455. The van der Waals surface area contributed by atoms with E-state index in [0.717, 1.165) is 6.20 Å². The number of anilines is 3. The van der Waals surface area contributed by atoms with Crippen LogP contribution < -0.4 is 26.6 Å². The number of nitrogens with zero attached hydrogens (tertiary/aromatic N) is 6. The lowest BCUT2D eigenvalue weighted by molar-refractivity contribution is -0.114. The zero-order chi connectivity index (χ0) is 22.1. The van der Waals surface area contributed by atoms with Gasteiger partial charge in [0.15, 0.2) is 11.5 Å². The first-order valence-corrected chi connectivity index (χ1v) is 8.97. The second kappa shape index (κ2) is 10.5. The van der Waals surface area contributed by atoms with E-state index in [1.807, 2.05) is 18.9 Å². The minimum atomic E-state index is -0.630. The highest BCUT2D eigenvalue weighted by Gasteiger charge is 2.22.